The highest BCUT2D eigenvalue weighted by atomic mass is 35.5. The van der Waals surface area contributed by atoms with Gasteiger partial charge >= 0.3 is 0 Å². The molecule has 1 N–H and O–H groups in total. The molecule has 2 aromatic heterocycles. The minimum Gasteiger partial charge on any atom is -0.352 e. The Morgan fingerprint density at radius 2 is 2.04 bits per heavy atom. The van der Waals surface area contributed by atoms with Crippen LogP contribution in [0.5, 0.6) is 0 Å². The fraction of sp³-hybridized carbons (Fsp3) is 0.562. The SMILES string of the molecule is CC(C)[C@@H](Sc1nnc2c(Cl)cc(Cl)cn12)C(=O)NC1CCCC1. The second-order valence-corrected chi connectivity index (χ2v) is 8.41. The van der Waals surface area contributed by atoms with Crippen LogP contribution in [0, 0.1) is 5.92 Å². The Bertz CT molecular complexity index is 743. The third-order valence-electron chi connectivity index (χ3n) is 4.19. The number of nitrogens with zero attached hydrogens (tertiary/aromatic N) is 3. The van der Waals surface area contributed by atoms with Crippen molar-refractivity contribution in [1.29, 1.82) is 0 Å². The number of fused-ring (bicyclic) bond motifs is 1. The Kier molecular flexibility index (Phi) is 5.57. The van der Waals surface area contributed by atoms with Crippen LogP contribution in [0.15, 0.2) is 17.4 Å². The van der Waals surface area contributed by atoms with Gasteiger partial charge in [-0.1, -0.05) is 61.7 Å². The van der Waals surface area contributed by atoms with Gasteiger partial charge in [0.1, 0.15) is 0 Å². The van der Waals surface area contributed by atoms with Crippen LogP contribution in [-0.2, 0) is 4.79 Å². The van der Waals surface area contributed by atoms with E-state index < -0.39 is 0 Å². The molecule has 0 radical (unpaired) electrons. The summed E-state index contributed by atoms with van der Waals surface area (Å²) in [7, 11) is 0. The van der Waals surface area contributed by atoms with E-state index in [-0.39, 0.29) is 17.1 Å². The summed E-state index contributed by atoms with van der Waals surface area (Å²) in [5.74, 6) is 0.227. The number of rotatable bonds is 5. The maximum absolute atomic E-state index is 12.7. The van der Waals surface area contributed by atoms with Gasteiger partial charge in [0.2, 0.25) is 5.91 Å². The van der Waals surface area contributed by atoms with Gasteiger partial charge < -0.3 is 5.32 Å². The second-order valence-electron chi connectivity index (χ2n) is 6.45. The van der Waals surface area contributed by atoms with E-state index in [1.165, 1.54) is 24.6 Å². The van der Waals surface area contributed by atoms with E-state index in [0.29, 0.717) is 26.9 Å². The maximum Gasteiger partial charge on any atom is 0.234 e. The molecule has 1 aliphatic carbocycles. The van der Waals surface area contributed by atoms with Gasteiger partial charge in [0.25, 0.3) is 0 Å². The van der Waals surface area contributed by atoms with Crippen LogP contribution in [0.2, 0.25) is 10.0 Å². The molecule has 1 atom stereocenters. The molecule has 0 spiro atoms. The highest BCUT2D eigenvalue weighted by Gasteiger charge is 2.28. The molecule has 1 amide bonds. The molecule has 3 rings (SSSR count). The third-order valence-corrected chi connectivity index (χ3v) is 6.18. The largest absolute Gasteiger partial charge is 0.352 e. The molecule has 0 aliphatic heterocycles. The lowest BCUT2D eigenvalue weighted by Crippen LogP contribution is -2.41. The van der Waals surface area contributed by atoms with Crippen LogP contribution >= 0.6 is 35.0 Å². The second kappa shape index (κ2) is 7.50. The molecule has 0 saturated heterocycles. The highest BCUT2D eigenvalue weighted by Crippen LogP contribution is 2.31. The highest BCUT2D eigenvalue weighted by molar-refractivity contribution is 8.00. The first-order valence-corrected chi connectivity index (χ1v) is 9.76. The Balaban J connectivity index is 1.82. The van der Waals surface area contributed by atoms with Crippen molar-refractivity contribution < 1.29 is 4.79 Å². The van der Waals surface area contributed by atoms with E-state index in [1.807, 2.05) is 13.8 Å². The van der Waals surface area contributed by atoms with Crippen molar-refractivity contribution in [1.82, 2.24) is 19.9 Å². The summed E-state index contributed by atoms with van der Waals surface area (Å²) >= 11 is 13.6. The molecule has 24 heavy (non-hydrogen) atoms. The van der Waals surface area contributed by atoms with Crippen LogP contribution < -0.4 is 5.32 Å². The average Bonchev–Trinajstić information content (AvgIpc) is 3.14. The summed E-state index contributed by atoms with van der Waals surface area (Å²) in [6.07, 6.45) is 6.24. The molecule has 2 aromatic rings. The van der Waals surface area contributed by atoms with E-state index in [9.17, 15) is 4.79 Å². The molecular weight excluding hydrogens is 367 g/mol. The van der Waals surface area contributed by atoms with Crippen molar-refractivity contribution in [2.24, 2.45) is 5.92 Å². The molecule has 8 heteroatoms. The molecule has 130 valence electrons. The van der Waals surface area contributed by atoms with E-state index in [2.05, 4.69) is 15.5 Å². The smallest absolute Gasteiger partial charge is 0.234 e. The molecule has 1 aliphatic rings. The van der Waals surface area contributed by atoms with Gasteiger partial charge in [-0.3, -0.25) is 9.20 Å². The van der Waals surface area contributed by atoms with Gasteiger partial charge in [-0.15, -0.1) is 10.2 Å². The number of thioether (sulfide) groups is 1. The quantitative estimate of drug-likeness (QED) is 0.781. The predicted octanol–water partition coefficient (Wildman–Crippen LogP) is 4.21. The molecule has 1 saturated carbocycles. The van der Waals surface area contributed by atoms with Crippen LogP contribution in [0.25, 0.3) is 5.65 Å². The van der Waals surface area contributed by atoms with Crippen molar-refractivity contribution in [3.63, 3.8) is 0 Å². The Labute approximate surface area is 155 Å². The zero-order chi connectivity index (χ0) is 17.3. The van der Waals surface area contributed by atoms with Crippen molar-refractivity contribution in [3.8, 4) is 0 Å². The monoisotopic (exact) mass is 386 g/mol. The number of carbonyl (C=O) groups is 1. The average molecular weight is 387 g/mol. The van der Waals surface area contributed by atoms with E-state index >= 15 is 0 Å². The summed E-state index contributed by atoms with van der Waals surface area (Å²) in [4.78, 5) is 12.7. The van der Waals surface area contributed by atoms with E-state index in [4.69, 9.17) is 23.2 Å². The lowest BCUT2D eigenvalue weighted by Gasteiger charge is -2.21. The lowest BCUT2D eigenvalue weighted by molar-refractivity contribution is -0.121. The number of pyridine rings is 1. The maximum atomic E-state index is 12.7. The van der Waals surface area contributed by atoms with Gasteiger partial charge in [0.15, 0.2) is 10.8 Å². The molecule has 0 bridgehead atoms. The minimum absolute atomic E-state index is 0.0618. The first-order valence-electron chi connectivity index (χ1n) is 8.12. The van der Waals surface area contributed by atoms with Crippen molar-refractivity contribution in [2.75, 3.05) is 0 Å². The van der Waals surface area contributed by atoms with Crippen molar-refractivity contribution in [3.05, 3.63) is 22.3 Å². The summed E-state index contributed by atoms with van der Waals surface area (Å²) in [5, 5.41) is 12.8. The fourth-order valence-electron chi connectivity index (χ4n) is 2.94. The van der Waals surface area contributed by atoms with Crippen LogP contribution in [0.4, 0.5) is 0 Å². The first-order chi connectivity index (χ1) is 11.5. The molecular formula is C16H20Cl2N4OS. The number of aromatic nitrogens is 3. The summed E-state index contributed by atoms with van der Waals surface area (Å²) < 4.78 is 1.74. The van der Waals surface area contributed by atoms with Crippen LogP contribution in [-0.4, -0.2) is 31.8 Å². The molecule has 5 nitrogen and oxygen atoms in total. The zero-order valence-corrected chi connectivity index (χ0v) is 16.0. The van der Waals surface area contributed by atoms with Crippen molar-refractivity contribution >= 4 is 46.5 Å². The van der Waals surface area contributed by atoms with Crippen molar-refractivity contribution in [2.45, 2.75) is 56.0 Å². The van der Waals surface area contributed by atoms with Gasteiger partial charge in [0.05, 0.1) is 15.3 Å². The third kappa shape index (κ3) is 3.81. The normalized spacial score (nSPS) is 16.9. The Hall–Kier alpha value is -0.980. The lowest BCUT2D eigenvalue weighted by atomic mass is 10.1. The number of amides is 1. The summed E-state index contributed by atoms with van der Waals surface area (Å²) in [6.45, 7) is 4.07. The minimum atomic E-state index is -0.240. The van der Waals surface area contributed by atoms with Crippen LogP contribution in [0.1, 0.15) is 39.5 Å². The van der Waals surface area contributed by atoms with Gasteiger partial charge in [-0.05, 0) is 24.8 Å². The number of hydrogen-bond acceptors (Lipinski definition) is 4. The molecule has 0 unspecified atom stereocenters. The van der Waals surface area contributed by atoms with Gasteiger partial charge in [-0.2, -0.15) is 0 Å². The number of carbonyl (C=O) groups excluding carboxylic acids is 1. The van der Waals surface area contributed by atoms with Gasteiger partial charge in [0, 0.05) is 12.2 Å². The number of hydrogen-bond donors (Lipinski definition) is 1. The molecule has 1 fully saturated rings. The fourth-order valence-corrected chi connectivity index (χ4v) is 4.47. The van der Waals surface area contributed by atoms with E-state index in [0.717, 1.165) is 12.8 Å². The number of halogens is 2. The first kappa shape index (κ1) is 17.8. The Morgan fingerprint density at radius 1 is 1.33 bits per heavy atom. The van der Waals surface area contributed by atoms with Crippen LogP contribution in [0.3, 0.4) is 0 Å². The number of nitrogens with one attached hydrogen (secondary N) is 1. The zero-order valence-electron chi connectivity index (χ0n) is 13.6. The molecule has 0 aromatic carbocycles. The van der Waals surface area contributed by atoms with E-state index in [1.54, 1.807) is 16.7 Å². The topological polar surface area (TPSA) is 59.3 Å². The Morgan fingerprint density at radius 3 is 2.71 bits per heavy atom. The standard InChI is InChI=1S/C16H20Cl2N4OS/c1-9(2)13(15(23)19-11-5-3-4-6-11)24-16-21-20-14-12(18)7-10(17)8-22(14)16/h7-9,11,13H,3-6H2,1-2H3,(H,19,23)/t13-/m1/s1. The summed E-state index contributed by atoms with van der Waals surface area (Å²) in [6, 6.07) is 1.94. The molecule has 2 heterocycles. The summed E-state index contributed by atoms with van der Waals surface area (Å²) in [5.41, 5.74) is 0.544. The van der Waals surface area contributed by atoms with Gasteiger partial charge in [-0.25, -0.2) is 0 Å². The predicted molar refractivity (Wildman–Crippen MR) is 97.9 cm³/mol.